The van der Waals surface area contributed by atoms with E-state index in [9.17, 15) is 13.2 Å². The zero-order valence-corrected chi connectivity index (χ0v) is 14.5. The van der Waals surface area contributed by atoms with Crippen molar-refractivity contribution < 1.29 is 13.2 Å². The molecule has 2 N–H and O–H groups in total. The molecule has 124 valence electrons. The fraction of sp³-hybridized carbons (Fsp3) is 0.714. The summed E-state index contributed by atoms with van der Waals surface area (Å²) >= 11 is 0. The van der Waals surface area contributed by atoms with Crippen molar-refractivity contribution in [2.75, 3.05) is 6.54 Å². The third-order valence-electron chi connectivity index (χ3n) is 3.71. The molecule has 1 aromatic rings. The van der Waals surface area contributed by atoms with Gasteiger partial charge in [0.2, 0.25) is 15.9 Å². The zero-order valence-electron chi connectivity index (χ0n) is 13.7. The van der Waals surface area contributed by atoms with Gasteiger partial charge in [0.25, 0.3) is 0 Å². The van der Waals surface area contributed by atoms with Crippen LogP contribution in [0.25, 0.3) is 0 Å². The smallest absolute Gasteiger partial charge is 0.244 e. The lowest BCUT2D eigenvalue weighted by Crippen LogP contribution is -2.50. The van der Waals surface area contributed by atoms with Crippen LogP contribution >= 0.6 is 0 Å². The minimum absolute atomic E-state index is 0.167. The van der Waals surface area contributed by atoms with Gasteiger partial charge in [-0.2, -0.15) is 9.82 Å². The van der Waals surface area contributed by atoms with Crippen LogP contribution in [0, 0.1) is 13.8 Å². The molecule has 22 heavy (non-hydrogen) atoms. The van der Waals surface area contributed by atoms with Gasteiger partial charge in [0.1, 0.15) is 10.9 Å². The fourth-order valence-corrected chi connectivity index (χ4v) is 4.42. The second-order valence-corrected chi connectivity index (χ2v) is 8.34. The van der Waals surface area contributed by atoms with E-state index in [-0.39, 0.29) is 16.3 Å². The third-order valence-corrected chi connectivity index (χ3v) is 5.43. The predicted octanol–water partition coefficient (Wildman–Crippen LogP) is 0.812. The highest BCUT2D eigenvalue weighted by Crippen LogP contribution is 2.25. The molecule has 1 atom stereocenters. The van der Waals surface area contributed by atoms with E-state index in [0.717, 1.165) is 6.42 Å². The van der Waals surface area contributed by atoms with Crippen molar-refractivity contribution in [2.24, 2.45) is 0 Å². The molecular weight excluding hydrogens is 304 g/mol. The van der Waals surface area contributed by atoms with E-state index in [4.69, 9.17) is 0 Å². The van der Waals surface area contributed by atoms with Gasteiger partial charge in [0.15, 0.2) is 0 Å². The van der Waals surface area contributed by atoms with Crippen LogP contribution in [0.1, 0.15) is 45.0 Å². The number of sulfonamides is 1. The first kappa shape index (κ1) is 17.0. The number of hydrogen-bond donors (Lipinski definition) is 2. The van der Waals surface area contributed by atoms with Crippen molar-refractivity contribution in [1.82, 2.24) is 19.8 Å². The van der Waals surface area contributed by atoms with Gasteiger partial charge in [-0.3, -0.25) is 9.48 Å². The molecule has 1 unspecified atom stereocenters. The molecule has 0 spiro atoms. The number of hydrogen-bond acceptors (Lipinski definition) is 4. The summed E-state index contributed by atoms with van der Waals surface area (Å²) in [5.74, 6) is -0.270. The van der Waals surface area contributed by atoms with Crippen molar-refractivity contribution in [1.29, 1.82) is 0 Å². The maximum absolute atomic E-state index is 12.7. The molecular formula is C14H24N4O3S. The zero-order chi connectivity index (χ0) is 16.7. The van der Waals surface area contributed by atoms with Crippen LogP contribution in [0.3, 0.4) is 0 Å². The lowest BCUT2D eigenvalue weighted by molar-refractivity contribution is -0.124. The third kappa shape index (κ3) is 3.17. The predicted molar refractivity (Wildman–Crippen MR) is 83.1 cm³/mol. The molecule has 0 aliphatic carbocycles. The van der Waals surface area contributed by atoms with Crippen molar-refractivity contribution in [3.63, 3.8) is 0 Å². The summed E-state index contributed by atoms with van der Waals surface area (Å²) in [6, 6.07) is -0.712. The summed E-state index contributed by atoms with van der Waals surface area (Å²) in [6.45, 7) is 9.89. The standard InChI is InChI=1S/C14H24N4O3S/c1-9-12(10(2)18(16-9)14(3,4)5)22(20,21)17-11-7-6-8-15-13(11)19/h11,17H,6-8H2,1-5H3,(H,15,19). The maximum atomic E-state index is 12.7. The SMILES string of the molecule is Cc1nn(C(C)(C)C)c(C)c1S(=O)(=O)NC1CCCNC1=O. The van der Waals surface area contributed by atoms with E-state index in [1.54, 1.807) is 18.5 Å². The van der Waals surface area contributed by atoms with E-state index in [2.05, 4.69) is 15.1 Å². The lowest BCUT2D eigenvalue weighted by Gasteiger charge is -2.23. The first-order valence-corrected chi connectivity index (χ1v) is 8.89. The molecule has 8 heteroatoms. The van der Waals surface area contributed by atoms with E-state index in [1.807, 2.05) is 20.8 Å². The molecule has 1 aliphatic rings. The Morgan fingerprint density at radius 1 is 1.32 bits per heavy atom. The summed E-state index contributed by atoms with van der Waals surface area (Å²) < 4.78 is 29.6. The van der Waals surface area contributed by atoms with Crippen LogP contribution < -0.4 is 10.0 Å². The Kier molecular flexibility index (Phi) is 4.36. The summed E-state index contributed by atoms with van der Waals surface area (Å²) in [6.07, 6.45) is 1.27. The van der Waals surface area contributed by atoms with E-state index in [1.165, 1.54) is 0 Å². The summed E-state index contributed by atoms with van der Waals surface area (Å²) in [4.78, 5) is 11.9. The minimum atomic E-state index is -3.79. The number of amides is 1. The molecule has 1 aliphatic heterocycles. The van der Waals surface area contributed by atoms with E-state index < -0.39 is 16.1 Å². The van der Waals surface area contributed by atoms with Gasteiger partial charge < -0.3 is 5.32 Å². The Bertz CT molecular complexity index is 686. The topological polar surface area (TPSA) is 93.1 Å². The number of piperidine rings is 1. The Morgan fingerprint density at radius 2 is 1.95 bits per heavy atom. The van der Waals surface area contributed by atoms with Crippen LogP contribution in [-0.2, 0) is 20.4 Å². The van der Waals surface area contributed by atoms with E-state index >= 15 is 0 Å². The van der Waals surface area contributed by atoms with Gasteiger partial charge in [-0.05, 0) is 47.5 Å². The van der Waals surface area contributed by atoms with Gasteiger partial charge in [0, 0.05) is 6.54 Å². The van der Waals surface area contributed by atoms with E-state index in [0.29, 0.717) is 24.4 Å². The molecule has 7 nitrogen and oxygen atoms in total. The van der Waals surface area contributed by atoms with Gasteiger partial charge in [-0.25, -0.2) is 8.42 Å². The van der Waals surface area contributed by atoms with Crippen molar-refractivity contribution >= 4 is 15.9 Å². The van der Waals surface area contributed by atoms with Crippen LogP contribution in [0.5, 0.6) is 0 Å². The second-order valence-electron chi connectivity index (χ2n) is 6.69. The maximum Gasteiger partial charge on any atom is 0.244 e. The molecule has 0 bridgehead atoms. The van der Waals surface area contributed by atoms with Crippen molar-refractivity contribution in [2.45, 2.75) is 63.9 Å². The molecule has 2 rings (SSSR count). The first-order chi connectivity index (χ1) is 10.0. The number of aromatic nitrogens is 2. The highest BCUT2D eigenvalue weighted by atomic mass is 32.2. The highest BCUT2D eigenvalue weighted by Gasteiger charge is 2.32. The van der Waals surface area contributed by atoms with Gasteiger partial charge in [-0.15, -0.1) is 0 Å². The number of rotatable bonds is 3. The quantitative estimate of drug-likeness (QED) is 0.859. The summed E-state index contributed by atoms with van der Waals surface area (Å²) in [5, 5.41) is 7.03. The van der Waals surface area contributed by atoms with Gasteiger partial charge >= 0.3 is 0 Å². The Hall–Kier alpha value is -1.41. The molecule has 1 aromatic heterocycles. The molecule has 1 amide bonds. The van der Waals surface area contributed by atoms with Crippen LogP contribution in [-0.4, -0.2) is 36.7 Å². The fourth-order valence-electron chi connectivity index (χ4n) is 2.80. The average Bonchev–Trinajstić information content (AvgIpc) is 2.68. The minimum Gasteiger partial charge on any atom is -0.355 e. The Balaban J connectivity index is 2.38. The first-order valence-electron chi connectivity index (χ1n) is 7.41. The molecule has 1 saturated heterocycles. The second kappa shape index (κ2) is 5.66. The van der Waals surface area contributed by atoms with Gasteiger partial charge in [-0.1, -0.05) is 0 Å². The van der Waals surface area contributed by atoms with Gasteiger partial charge in [0.05, 0.1) is 16.9 Å². The number of aryl methyl sites for hydroxylation is 1. The lowest BCUT2D eigenvalue weighted by atomic mass is 10.1. The molecule has 0 aromatic carbocycles. The molecule has 0 radical (unpaired) electrons. The average molecular weight is 328 g/mol. The van der Waals surface area contributed by atoms with Crippen molar-refractivity contribution in [3.8, 4) is 0 Å². The molecule has 0 saturated carbocycles. The number of nitrogens with one attached hydrogen (secondary N) is 2. The normalized spacial score (nSPS) is 20.0. The van der Waals surface area contributed by atoms with Crippen LogP contribution in [0.4, 0.5) is 0 Å². The largest absolute Gasteiger partial charge is 0.355 e. The molecule has 2 heterocycles. The highest BCUT2D eigenvalue weighted by molar-refractivity contribution is 7.89. The summed E-state index contributed by atoms with van der Waals surface area (Å²) in [7, 11) is -3.79. The number of carbonyl (C=O) groups is 1. The number of nitrogens with zero attached hydrogens (tertiary/aromatic N) is 2. The van der Waals surface area contributed by atoms with Crippen LogP contribution in [0.2, 0.25) is 0 Å². The Labute approximate surface area is 131 Å². The van der Waals surface area contributed by atoms with Crippen molar-refractivity contribution in [3.05, 3.63) is 11.4 Å². The summed E-state index contributed by atoms with van der Waals surface area (Å²) in [5.41, 5.74) is 0.704. The monoisotopic (exact) mass is 328 g/mol. The van der Waals surface area contributed by atoms with Crippen LogP contribution in [0.15, 0.2) is 4.90 Å². The number of carbonyl (C=O) groups excluding carboxylic acids is 1. The Morgan fingerprint density at radius 3 is 2.45 bits per heavy atom. The molecule has 1 fully saturated rings.